The molecule has 1 aromatic carbocycles. The van der Waals surface area contributed by atoms with E-state index in [1.807, 2.05) is 6.07 Å². The molecule has 1 saturated carbocycles. The highest BCUT2D eigenvalue weighted by atomic mass is 16.1. The summed E-state index contributed by atoms with van der Waals surface area (Å²) < 4.78 is 0. The zero-order valence-electron chi connectivity index (χ0n) is 10.1. The molecule has 2 rings (SSSR count). The fraction of sp³-hybridized carbons (Fsp3) is 0.462. The highest BCUT2D eigenvalue weighted by molar-refractivity contribution is 5.94. The van der Waals surface area contributed by atoms with Crippen LogP contribution in [0.15, 0.2) is 18.2 Å². The molecule has 0 aromatic heterocycles. The first-order chi connectivity index (χ1) is 8.08. The van der Waals surface area contributed by atoms with Crippen molar-refractivity contribution in [1.29, 1.82) is 0 Å². The molecule has 0 saturated heterocycles. The fourth-order valence-electron chi connectivity index (χ4n) is 2.41. The summed E-state index contributed by atoms with van der Waals surface area (Å²) in [5.41, 5.74) is 13.0. The summed E-state index contributed by atoms with van der Waals surface area (Å²) in [5.74, 6) is 0.225. The fourth-order valence-corrected chi connectivity index (χ4v) is 2.41. The number of rotatable bonds is 3. The van der Waals surface area contributed by atoms with E-state index in [-0.39, 0.29) is 0 Å². The molecule has 17 heavy (non-hydrogen) atoms. The van der Waals surface area contributed by atoms with Crippen molar-refractivity contribution in [3.63, 3.8) is 0 Å². The average Bonchev–Trinajstić information content (AvgIpc) is 2.67. The second-order valence-corrected chi connectivity index (χ2v) is 4.83. The van der Waals surface area contributed by atoms with E-state index in [1.165, 1.54) is 19.3 Å². The number of primary amides is 1. The van der Waals surface area contributed by atoms with Crippen LogP contribution in [-0.2, 0) is 0 Å². The van der Waals surface area contributed by atoms with Gasteiger partial charge in [0.05, 0.1) is 11.4 Å². The number of nitrogen functional groups attached to an aromatic ring is 1. The number of carbonyl (C=O) groups is 1. The highest BCUT2D eigenvalue weighted by Gasteiger charge is 2.23. The molecule has 5 N–H and O–H groups in total. The molecule has 0 radical (unpaired) electrons. The molecular formula is C13H19N3O. The van der Waals surface area contributed by atoms with Gasteiger partial charge in [-0.25, -0.2) is 0 Å². The number of hydrogen-bond donors (Lipinski definition) is 3. The SMILES string of the molecule is CC1CCCC1Nc1ccc(C(N)=O)cc1N. The Morgan fingerprint density at radius 2 is 2.18 bits per heavy atom. The van der Waals surface area contributed by atoms with Crippen LogP contribution in [0.5, 0.6) is 0 Å². The Kier molecular flexibility index (Phi) is 3.22. The van der Waals surface area contributed by atoms with Crippen molar-refractivity contribution in [3.05, 3.63) is 23.8 Å². The van der Waals surface area contributed by atoms with Crippen LogP contribution < -0.4 is 16.8 Å². The van der Waals surface area contributed by atoms with E-state index >= 15 is 0 Å². The third-order valence-corrected chi connectivity index (χ3v) is 3.54. The molecule has 1 amide bonds. The van der Waals surface area contributed by atoms with Crippen LogP contribution in [0.2, 0.25) is 0 Å². The number of hydrogen-bond acceptors (Lipinski definition) is 3. The van der Waals surface area contributed by atoms with E-state index in [1.54, 1.807) is 12.1 Å². The van der Waals surface area contributed by atoms with Crippen molar-refractivity contribution in [2.75, 3.05) is 11.1 Å². The Hall–Kier alpha value is -1.71. The van der Waals surface area contributed by atoms with Crippen molar-refractivity contribution in [2.24, 2.45) is 11.7 Å². The standard InChI is InChI=1S/C13H19N3O/c1-8-3-2-4-11(8)16-12-6-5-9(13(15)17)7-10(12)14/h5-8,11,16H,2-4,14H2,1H3,(H2,15,17). The van der Waals surface area contributed by atoms with Gasteiger partial charge in [0.1, 0.15) is 0 Å². The normalized spacial score (nSPS) is 23.6. The molecule has 1 aliphatic carbocycles. The quantitative estimate of drug-likeness (QED) is 0.698. The Labute approximate surface area is 101 Å². The molecule has 1 aliphatic rings. The Morgan fingerprint density at radius 1 is 1.41 bits per heavy atom. The number of anilines is 2. The van der Waals surface area contributed by atoms with Gasteiger partial charge in [-0.2, -0.15) is 0 Å². The van der Waals surface area contributed by atoms with E-state index < -0.39 is 5.91 Å². The first kappa shape index (κ1) is 11.8. The van der Waals surface area contributed by atoms with Crippen molar-refractivity contribution in [3.8, 4) is 0 Å². The van der Waals surface area contributed by atoms with Crippen LogP contribution in [0, 0.1) is 5.92 Å². The van der Waals surface area contributed by atoms with Crippen molar-refractivity contribution < 1.29 is 4.79 Å². The molecule has 2 atom stereocenters. The third-order valence-electron chi connectivity index (χ3n) is 3.54. The second-order valence-electron chi connectivity index (χ2n) is 4.83. The topological polar surface area (TPSA) is 81.1 Å². The lowest BCUT2D eigenvalue weighted by molar-refractivity contribution is 0.100. The minimum Gasteiger partial charge on any atom is -0.397 e. The predicted molar refractivity (Wildman–Crippen MR) is 69.8 cm³/mol. The number of nitrogens with two attached hydrogens (primary N) is 2. The number of amides is 1. The monoisotopic (exact) mass is 233 g/mol. The number of carbonyl (C=O) groups excluding carboxylic acids is 1. The van der Waals surface area contributed by atoms with Crippen LogP contribution in [0.25, 0.3) is 0 Å². The minimum absolute atomic E-state index is 0.447. The van der Waals surface area contributed by atoms with Gasteiger partial charge < -0.3 is 16.8 Å². The van der Waals surface area contributed by atoms with Crippen LogP contribution >= 0.6 is 0 Å². The van der Waals surface area contributed by atoms with Crippen molar-refractivity contribution >= 4 is 17.3 Å². The third kappa shape index (κ3) is 2.52. The lowest BCUT2D eigenvalue weighted by Crippen LogP contribution is -2.22. The lowest BCUT2D eigenvalue weighted by Gasteiger charge is -2.20. The largest absolute Gasteiger partial charge is 0.397 e. The summed E-state index contributed by atoms with van der Waals surface area (Å²) in [7, 11) is 0. The van der Waals surface area contributed by atoms with Gasteiger partial charge in [-0.1, -0.05) is 13.3 Å². The number of benzene rings is 1. The molecular weight excluding hydrogens is 214 g/mol. The van der Waals surface area contributed by atoms with Gasteiger partial charge in [0.15, 0.2) is 0 Å². The van der Waals surface area contributed by atoms with Gasteiger partial charge in [0, 0.05) is 11.6 Å². The van der Waals surface area contributed by atoms with E-state index in [2.05, 4.69) is 12.2 Å². The van der Waals surface area contributed by atoms with Crippen LogP contribution in [0.3, 0.4) is 0 Å². The molecule has 92 valence electrons. The maximum atomic E-state index is 11.0. The molecule has 0 heterocycles. The molecule has 1 fully saturated rings. The Bertz CT molecular complexity index is 431. The van der Waals surface area contributed by atoms with Crippen LogP contribution in [-0.4, -0.2) is 11.9 Å². The van der Waals surface area contributed by atoms with Gasteiger partial charge in [0.2, 0.25) is 5.91 Å². The lowest BCUT2D eigenvalue weighted by atomic mass is 10.1. The summed E-state index contributed by atoms with van der Waals surface area (Å²) in [6, 6.07) is 5.66. The molecule has 4 nitrogen and oxygen atoms in total. The molecule has 4 heteroatoms. The molecule has 0 spiro atoms. The molecule has 1 aromatic rings. The Balaban J connectivity index is 2.14. The highest BCUT2D eigenvalue weighted by Crippen LogP contribution is 2.30. The summed E-state index contributed by atoms with van der Waals surface area (Å²) >= 11 is 0. The van der Waals surface area contributed by atoms with Gasteiger partial charge in [-0.15, -0.1) is 0 Å². The van der Waals surface area contributed by atoms with Crippen LogP contribution in [0.1, 0.15) is 36.5 Å². The van der Waals surface area contributed by atoms with E-state index in [0.717, 1.165) is 5.69 Å². The van der Waals surface area contributed by atoms with E-state index in [9.17, 15) is 4.79 Å². The first-order valence-electron chi connectivity index (χ1n) is 6.04. The smallest absolute Gasteiger partial charge is 0.248 e. The van der Waals surface area contributed by atoms with E-state index in [4.69, 9.17) is 11.5 Å². The second kappa shape index (κ2) is 4.65. The minimum atomic E-state index is -0.447. The van der Waals surface area contributed by atoms with Gasteiger partial charge in [0.25, 0.3) is 0 Å². The summed E-state index contributed by atoms with van der Waals surface area (Å²) in [6.07, 6.45) is 3.70. The molecule has 0 aliphatic heterocycles. The van der Waals surface area contributed by atoms with Crippen molar-refractivity contribution in [1.82, 2.24) is 0 Å². The predicted octanol–water partition coefficient (Wildman–Crippen LogP) is 1.97. The van der Waals surface area contributed by atoms with Gasteiger partial charge in [-0.05, 0) is 37.0 Å². The number of nitrogens with one attached hydrogen (secondary N) is 1. The summed E-state index contributed by atoms with van der Waals surface area (Å²) in [4.78, 5) is 11.0. The summed E-state index contributed by atoms with van der Waals surface area (Å²) in [5, 5.41) is 3.45. The zero-order valence-corrected chi connectivity index (χ0v) is 10.1. The van der Waals surface area contributed by atoms with Crippen molar-refractivity contribution in [2.45, 2.75) is 32.2 Å². The zero-order chi connectivity index (χ0) is 12.4. The van der Waals surface area contributed by atoms with Crippen LogP contribution in [0.4, 0.5) is 11.4 Å². The maximum absolute atomic E-state index is 11.0. The van der Waals surface area contributed by atoms with Gasteiger partial charge >= 0.3 is 0 Å². The average molecular weight is 233 g/mol. The van der Waals surface area contributed by atoms with Gasteiger partial charge in [-0.3, -0.25) is 4.79 Å². The molecule has 2 unspecified atom stereocenters. The molecule has 0 bridgehead atoms. The van der Waals surface area contributed by atoms with E-state index in [0.29, 0.717) is 23.2 Å². The Morgan fingerprint density at radius 3 is 2.71 bits per heavy atom. The summed E-state index contributed by atoms with van der Waals surface area (Å²) in [6.45, 7) is 2.25. The maximum Gasteiger partial charge on any atom is 0.248 e. The first-order valence-corrected chi connectivity index (χ1v) is 6.04.